The van der Waals surface area contributed by atoms with Crippen molar-refractivity contribution in [3.63, 3.8) is 0 Å². The number of hydrogen-bond acceptors (Lipinski definition) is 2. The zero-order valence-corrected chi connectivity index (χ0v) is 15.7. The van der Waals surface area contributed by atoms with E-state index in [0.29, 0.717) is 32.0 Å². The van der Waals surface area contributed by atoms with Crippen molar-refractivity contribution in [2.45, 2.75) is 26.1 Å². The van der Waals surface area contributed by atoms with Crippen LogP contribution >= 0.6 is 24.0 Å². The van der Waals surface area contributed by atoms with Crippen LogP contribution in [0, 0.1) is 5.82 Å². The summed E-state index contributed by atoms with van der Waals surface area (Å²) >= 11 is 0. The van der Waals surface area contributed by atoms with Gasteiger partial charge >= 0.3 is 6.18 Å². The van der Waals surface area contributed by atoms with Crippen LogP contribution in [0.15, 0.2) is 29.3 Å². The number of halogens is 5. The Morgan fingerprint density at radius 1 is 1.25 bits per heavy atom. The van der Waals surface area contributed by atoms with Crippen LogP contribution in [0.4, 0.5) is 17.6 Å². The molecule has 0 atom stereocenters. The molecule has 1 rings (SSSR count). The summed E-state index contributed by atoms with van der Waals surface area (Å²) in [5, 5.41) is 5.99. The lowest BCUT2D eigenvalue weighted by atomic mass is 10.2. The third kappa shape index (κ3) is 11.4. The summed E-state index contributed by atoms with van der Waals surface area (Å²) in [7, 11) is 0. The fraction of sp³-hybridized carbons (Fsp3) is 0.533. The topological polar surface area (TPSA) is 45.7 Å². The van der Waals surface area contributed by atoms with Crippen LogP contribution < -0.4 is 10.6 Å². The van der Waals surface area contributed by atoms with Gasteiger partial charge in [-0.3, -0.25) is 0 Å². The highest BCUT2D eigenvalue weighted by molar-refractivity contribution is 14.0. The van der Waals surface area contributed by atoms with Gasteiger partial charge in [-0.25, -0.2) is 9.38 Å². The lowest BCUT2D eigenvalue weighted by molar-refractivity contribution is -0.173. The van der Waals surface area contributed by atoms with E-state index in [9.17, 15) is 17.6 Å². The molecule has 1 aromatic rings. The molecule has 0 aromatic heterocycles. The van der Waals surface area contributed by atoms with Crippen molar-refractivity contribution in [2.24, 2.45) is 4.99 Å². The number of nitrogens with zero attached hydrogens (tertiary/aromatic N) is 1. The lowest BCUT2D eigenvalue weighted by Crippen LogP contribution is -2.38. The molecule has 0 bridgehead atoms. The molecule has 0 saturated heterocycles. The predicted octanol–water partition coefficient (Wildman–Crippen LogP) is 3.47. The van der Waals surface area contributed by atoms with Crippen LogP contribution in [-0.2, 0) is 11.3 Å². The van der Waals surface area contributed by atoms with E-state index in [-0.39, 0.29) is 36.4 Å². The number of nitrogens with one attached hydrogen (secondary N) is 2. The summed E-state index contributed by atoms with van der Waals surface area (Å²) in [5.41, 5.74) is 0.732. The molecular weight excluding hydrogens is 441 g/mol. The highest BCUT2D eigenvalue weighted by atomic mass is 127. The number of hydrogen-bond donors (Lipinski definition) is 2. The second kappa shape index (κ2) is 12.3. The van der Waals surface area contributed by atoms with Crippen molar-refractivity contribution in [2.75, 3.05) is 26.3 Å². The Morgan fingerprint density at radius 3 is 2.62 bits per heavy atom. The van der Waals surface area contributed by atoms with Gasteiger partial charge in [0.25, 0.3) is 0 Å². The van der Waals surface area contributed by atoms with Crippen LogP contribution in [0.2, 0.25) is 0 Å². The van der Waals surface area contributed by atoms with Gasteiger partial charge in [0, 0.05) is 19.7 Å². The molecule has 0 heterocycles. The number of aliphatic imine (C=N–C) groups is 1. The van der Waals surface area contributed by atoms with Crippen LogP contribution in [0.1, 0.15) is 18.9 Å². The van der Waals surface area contributed by atoms with E-state index >= 15 is 0 Å². The second-order valence-corrected chi connectivity index (χ2v) is 4.77. The molecule has 1 aromatic carbocycles. The Balaban J connectivity index is 0.00000529. The van der Waals surface area contributed by atoms with Gasteiger partial charge < -0.3 is 15.4 Å². The first-order chi connectivity index (χ1) is 10.9. The molecule has 9 heteroatoms. The fourth-order valence-electron chi connectivity index (χ4n) is 1.72. The van der Waals surface area contributed by atoms with Gasteiger partial charge in [0.2, 0.25) is 0 Å². The summed E-state index contributed by atoms with van der Waals surface area (Å²) in [5.74, 6) is 0.199. The van der Waals surface area contributed by atoms with Crippen molar-refractivity contribution in [1.29, 1.82) is 0 Å². The third-order valence-electron chi connectivity index (χ3n) is 2.68. The monoisotopic (exact) mass is 463 g/mol. The Bertz CT molecular complexity index is 498. The van der Waals surface area contributed by atoms with Crippen LogP contribution in [-0.4, -0.2) is 38.4 Å². The first-order valence-electron chi connectivity index (χ1n) is 7.32. The van der Waals surface area contributed by atoms with Crippen molar-refractivity contribution in [3.8, 4) is 0 Å². The Kier molecular flexibility index (Phi) is 11.7. The smallest absolute Gasteiger partial charge is 0.372 e. The zero-order valence-electron chi connectivity index (χ0n) is 13.3. The van der Waals surface area contributed by atoms with Crippen LogP contribution in [0.3, 0.4) is 0 Å². The summed E-state index contributed by atoms with van der Waals surface area (Å²) < 4.78 is 53.2. The minimum absolute atomic E-state index is 0. The molecule has 24 heavy (non-hydrogen) atoms. The molecule has 0 aliphatic heterocycles. The molecule has 0 amide bonds. The van der Waals surface area contributed by atoms with E-state index in [2.05, 4.69) is 20.4 Å². The number of benzene rings is 1. The number of ether oxygens (including phenoxy) is 1. The van der Waals surface area contributed by atoms with Crippen molar-refractivity contribution >= 4 is 29.9 Å². The molecule has 138 valence electrons. The average molecular weight is 463 g/mol. The maximum Gasteiger partial charge on any atom is 0.411 e. The highest BCUT2D eigenvalue weighted by Gasteiger charge is 2.27. The minimum Gasteiger partial charge on any atom is -0.372 e. The molecule has 0 aliphatic carbocycles. The SMILES string of the molecule is CCNC(=NCc1cccc(F)c1)NCCCOCC(F)(F)F.I. The quantitative estimate of drug-likeness (QED) is 0.204. The van der Waals surface area contributed by atoms with Gasteiger partial charge in [0.15, 0.2) is 5.96 Å². The van der Waals surface area contributed by atoms with E-state index in [1.807, 2.05) is 6.92 Å². The van der Waals surface area contributed by atoms with E-state index in [1.54, 1.807) is 12.1 Å². The summed E-state index contributed by atoms with van der Waals surface area (Å²) in [4.78, 5) is 4.29. The molecule has 0 spiro atoms. The Hall–Kier alpha value is -1.10. The standard InChI is InChI=1S/C15H21F4N3O.HI/c1-2-20-14(21-7-4-8-23-11-15(17,18)19)22-10-12-5-3-6-13(16)9-12;/h3,5-6,9H,2,4,7-8,10-11H2,1H3,(H2,20,21,22);1H. The van der Waals surface area contributed by atoms with Gasteiger partial charge in [0.1, 0.15) is 12.4 Å². The molecule has 4 nitrogen and oxygen atoms in total. The maximum absolute atomic E-state index is 13.1. The largest absolute Gasteiger partial charge is 0.411 e. The van der Waals surface area contributed by atoms with E-state index < -0.39 is 12.8 Å². The average Bonchev–Trinajstić information content (AvgIpc) is 2.47. The minimum atomic E-state index is -4.30. The summed E-state index contributed by atoms with van der Waals surface area (Å²) in [6.45, 7) is 2.03. The van der Waals surface area contributed by atoms with Crippen molar-refractivity contribution in [1.82, 2.24) is 10.6 Å². The van der Waals surface area contributed by atoms with Crippen molar-refractivity contribution < 1.29 is 22.3 Å². The van der Waals surface area contributed by atoms with Gasteiger partial charge in [-0.1, -0.05) is 12.1 Å². The van der Waals surface area contributed by atoms with Gasteiger partial charge in [-0.2, -0.15) is 13.2 Å². The van der Waals surface area contributed by atoms with Crippen LogP contribution in [0.25, 0.3) is 0 Å². The first-order valence-corrected chi connectivity index (χ1v) is 7.32. The third-order valence-corrected chi connectivity index (χ3v) is 2.68. The van der Waals surface area contributed by atoms with E-state index in [0.717, 1.165) is 5.56 Å². The fourth-order valence-corrected chi connectivity index (χ4v) is 1.72. The lowest BCUT2D eigenvalue weighted by Gasteiger charge is -2.12. The van der Waals surface area contributed by atoms with Gasteiger partial charge in [-0.05, 0) is 31.0 Å². The number of rotatable bonds is 8. The molecule has 0 radical (unpaired) electrons. The van der Waals surface area contributed by atoms with E-state index in [4.69, 9.17) is 0 Å². The van der Waals surface area contributed by atoms with Gasteiger partial charge in [0.05, 0.1) is 6.54 Å². The molecule has 0 fully saturated rings. The first kappa shape index (κ1) is 22.9. The second-order valence-electron chi connectivity index (χ2n) is 4.77. The van der Waals surface area contributed by atoms with E-state index in [1.165, 1.54) is 12.1 Å². The Morgan fingerprint density at radius 2 is 2.00 bits per heavy atom. The summed E-state index contributed by atoms with van der Waals surface area (Å²) in [6, 6.07) is 6.13. The normalized spacial score (nSPS) is 11.8. The zero-order chi connectivity index (χ0) is 17.1. The number of alkyl halides is 3. The maximum atomic E-state index is 13.1. The van der Waals surface area contributed by atoms with Crippen molar-refractivity contribution in [3.05, 3.63) is 35.6 Å². The molecule has 0 aliphatic rings. The molecule has 0 saturated carbocycles. The summed E-state index contributed by atoms with van der Waals surface area (Å²) in [6.07, 6.45) is -3.88. The Labute approximate surface area is 156 Å². The van der Waals surface area contributed by atoms with Gasteiger partial charge in [-0.15, -0.1) is 24.0 Å². The highest BCUT2D eigenvalue weighted by Crippen LogP contribution is 2.14. The molecular formula is C15H22F4IN3O. The molecule has 0 unspecified atom stereocenters. The predicted molar refractivity (Wildman–Crippen MR) is 96.1 cm³/mol. The molecule has 2 N–H and O–H groups in total. The van der Waals surface area contributed by atoms with Crippen LogP contribution in [0.5, 0.6) is 0 Å². The number of guanidine groups is 1.